The van der Waals surface area contributed by atoms with Crippen molar-refractivity contribution in [2.45, 2.75) is 25.8 Å². The highest BCUT2D eigenvalue weighted by atomic mass is 16.1. The van der Waals surface area contributed by atoms with Crippen LogP contribution in [0.15, 0.2) is 36.4 Å². The number of benzene rings is 1. The molecule has 3 heteroatoms. The fraction of sp³-hybridized carbons (Fsp3) is 0.471. The number of hydrogen-bond acceptors (Lipinski definition) is 2. The molecule has 4 rings (SSSR count). The van der Waals surface area contributed by atoms with Crippen LogP contribution in [0.2, 0.25) is 0 Å². The Morgan fingerprint density at radius 3 is 2.55 bits per heavy atom. The van der Waals surface area contributed by atoms with Gasteiger partial charge in [0.15, 0.2) is 0 Å². The zero-order valence-electron chi connectivity index (χ0n) is 12.0. The molecule has 106 valence electrons. The molecule has 2 bridgehead atoms. The number of nitrogens with one attached hydrogen (secondary N) is 1. The van der Waals surface area contributed by atoms with Crippen LogP contribution in [0.1, 0.15) is 25.3 Å². The molecule has 1 atom stereocenters. The minimum Gasteiger partial charge on any atom is -0.348 e. The van der Waals surface area contributed by atoms with Gasteiger partial charge in [0.2, 0.25) is 5.91 Å². The Kier molecular flexibility index (Phi) is 3.88. The summed E-state index contributed by atoms with van der Waals surface area (Å²) in [4.78, 5) is 14.6. The van der Waals surface area contributed by atoms with Crippen LogP contribution in [-0.4, -0.2) is 36.5 Å². The van der Waals surface area contributed by atoms with E-state index in [1.54, 1.807) is 6.08 Å². The lowest BCUT2D eigenvalue weighted by molar-refractivity contribution is -0.118. The van der Waals surface area contributed by atoms with Gasteiger partial charge in [0.1, 0.15) is 0 Å². The molecule has 3 aliphatic heterocycles. The van der Waals surface area contributed by atoms with Crippen LogP contribution in [0.25, 0.3) is 5.57 Å². The first-order valence-electron chi connectivity index (χ1n) is 7.49. The predicted molar refractivity (Wildman–Crippen MR) is 81.2 cm³/mol. The average molecular weight is 270 g/mol. The molecular formula is C17H22N2O. The van der Waals surface area contributed by atoms with E-state index in [0.29, 0.717) is 12.0 Å². The van der Waals surface area contributed by atoms with Crippen molar-refractivity contribution in [1.29, 1.82) is 0 Å². The van der Waals surface area contributed by atoms with Crippen molar-refractivity contribution >= 4 is 11.5 Å². The summed E-state index contributed by atoms with van der Waals surface area (Å²) in [5.74, 6) is 0.722. The summed E-state index contributed by atoms with van der Waals surface area (Å²) in [6.07, 6.45) is 4.19. The maximum atomic E-state index is 12.2. The number of piperidine rings is 3. The van der Waals surface area contributed by atoms with Gasteiger partial charge in [-0.15, -0.1) is 0 Å². The van der Waals surface area contributed by atoms with Crippen molar-refractivity contribution in [2.75, 3.05) is 19.6 Å². The van der Waals surface area contributed by atoms with Gasteiger partial charge in [0.25, 0.3) is 0 Å². The lowest BCUT2D eigenvalue weighted by Gasteiger charge is -2.44. The molecule has 0 radical (unpaired) electrons. The van der Waals surface area contributed by atoms with Gasteiger partial charge in [-0.1, -0.05) is 30.3 Å². The molecule has 1 N–H and O–H groups in total. The second kappa shape index (κ2) is 5.80. The van der Waals surface area contributed by atoms with Gasteiger partial charge >= 0.3 is 0 Å². The van der Waals surface area contributed by atoms with E-state index in [1.165, 1.54) is 25.9 Å². The quantitative estimate of drug-likeness (QED) is 0.855. The Hall–Kier alpha value is -1.61. The molecule has 0 aromatic heterocycles. The number of fused-ring (bicyclic) bond motifs is 3. The first-order chi connectivity index (χ1) is 9.72. The third-order valence-corrected chi connectivity index (χ3v) is 4.56. The van der Waals surface area contributed by atoms with Crippen molar-refractivity contribution in [3.05, 3.63) is 42.0 Å². The number of carbonyl (C=O) groups excluding carboxylic acids is 1. The number of hydrogen-bond donors (Lipinski definition) is 1. The summed E-state index contributed by atoms with van der Waals surface area (Å²) in [5, 5.41) is 3.19. The summed E-state index contributed by atoms with van der Waals surface area (Å²) >= 11 is 0. The van der Waals surface area contributed by atoms with Crippen LogP contribution in [0.5, 0.6) is 0 Å². The normalized spacial score (nSPS) is 29.2. The zero-order valence-corrected chi connectivity index (χ0v) is 12.0. The van der Waals surface area contributed by atoms with Crippen LogP contribution in [-0.2, 0) is 4.79 Å². The SMILES string of the molecule is CC(=CC(=O)NC1CN2CCC1CC2)c1ccccc1. The molecule has 3 saturated heterocycles. The Morgan fingerprint density at radius 1 is 1.25 bits per heavy atom. The molecule has 3 fully saturated rings. The molecule has 0 spiro atoms. The van der Waals surface area contributed by atoms with E-state index in [0.717, 1.165) is 17.7 Å². The van der Waals surface area contributed by atoms with Crippen molar-refractivity contribution in [3.63, 3.8) is 0 Å². The van der Waals surface area contributed by atoms with Crippen molar-refractivity contribution in [1.82, 2.24) is 10.2 Å². The molecule has 0 aliphatic carbocycles. The minimum atomic E-state index is 0.0464. The Labute approximate surface area is 120 Å². The van der Waals surface area contributed by atoms with Gasteiger partial charge in [-0.05, 0) is 49.9 Å². The molecule has 3 nitrogen and oxygen atoms in total. The first-order valence-corrected chi connectivity index (χ1v) is 7.49. The van der Waals surface area contributed by atoms with Crippen LogP contribution in [0.3, 0.4) is 0 Å². The summed E-state index contributed by atoms with van der Waals surface area (Å²) in [5.41, 5.74) is 2.13. The summed E-state index contributed by atoms with van der Waals surface area (Å²) < 4.78 is 0. The van der Waals surface area contributed by atoms with E-state index >= 15 is 0 Å². The third kappa shape index (κ3) is 2.93. The molecule has 1 aromatic rings. The molecule has 20 heavy (non-hydrogen) atoms. The second-order valence-electron chi connectivity index (χ2n) is 5.95. The molecular weight excluding hydrogens is 248 g/mol. The highest BCUT2D eigenvalue weighted by Gasteiger charge is 2.34. The van der Waals surface area contributed by atoms with Gasteiger partial charge in [-0.25, -0.2) is 0 Å². The van der Waals surface area contributed by atoms with E-state index in [-0.39, 0.29) is 5.91 Å². The van der Waals surface area contributed by atoms with Crippen LogP contribution in [0.4, 0.5) is 0 Å². The third-order valence-electron chi connectivity index (χ3n) is 4.56. The molecule has 3 heterocycles. The largest absolute Gasteiger partial charge is 0.348 e. The number of nitrogens with zero attached hydrogens (tertiary/aromatic N) is 1. The summed E-state index contributed by atoms with van der Waals surface area (Å²) in [6, 6.07) is 10.4. The Balaban J connectivity index is 1.62. The van der Waals surface area contributed by atoms with E-state index in [4.69, 9.17) is 0 Å². The van der Waals surface area contributed by atoms with Crippen LogP contribution < -0.4 is 5.32 Å². The molecule has 1 unspecified atom stereocenters. The van der Waals surface area contributed by atoms with Gasteiger partial charge in [-0.3, -0.25) is 4.79 Å². The lowest BCUT2D eigenvalue weighted by Crippen LogP contribution is -2.57. The van der Waals surface area contributed by atoms with E-state index in [9.17, 15) is 4.79 Å². The number of rotatable bonds is 3. The highest BCUT2D eigenvalue weighted by Crippen LogP contribution is 2.27. The van der Waals surface area contributed by atoms with Gasteiger partial charge in [0.05, 0.1) is 0 Å². The maximum Gasteiger partial charge on any atom is 0.244 e. The number of amides is 1. The minimum absolute atomic E-state index is 0.0464. The van der Waals surface area contributed by atoms with Gasteiger partial charge < -0.3 is 10.2 Å². The summed E-state index contributed by atoms with van der Waals surface area (Å²) in [6.45, 7) is 5.42. The molecule has 0 saturated carbocycles. The second-order valence-corrected chi connectivity index (χ2v) is 5.95. The van der Waals surface area contributed by atoms with E-state index in [2.05, 4.69) is 10.2 Å². The predicted octanol–water partition coefficient (Wildman–Crippen LogP) is 2.30. The van der Waals surface area contributed by atoms with Crippen molar-refractivity contribution in [3.8, 4) is 0 Å². The first kappa shape index (κ1) is 13.4. The average Bonchev–Trinajstić information content (AvgIpc) is 2.49. The standard InChI is InChI=1S/C17H22N2O/c1-13(14-5-3-2-4-6-14)11-17(20)18-16-12-19-9-7-15(16)8-10-19/h2-6,11,15-16H,7-10,12H2,1H3,(H,18,20). The fourth-order valence-corrected chi connectivity index (χ4v) is 3.33. The van der Waals surface area contributed by atoms with Gasteiger partial charge in [-0.2, -0.15) is 0 Å². The Morgan fingerprint density at radius 2 is 1.95 bits per heavy atom. The maximum absolute atomic E-state index is 12.2. The molecule has 1 amide bonds. The van der Waals surface area contributed by atoms with Crippen LogP contribution >= 0.6 is 0 Å². The Bertz CT molecular complexity index is 501. The highest BCUT2D eigenvalue weighted by molar-refractivity contribution is 5.95. The lowest BCUT2D eigenvalue weighted by atomic mass is 9.84. The molecule has 1 aromatic carbocycles. The van der Waals surface area contributed by atoms with E-state index < -0.39 is 0 Å². The van der Waals surface area contributed by atoms with Gasteiger partial charge in [0, 0.05) is 18.7 Å². The van der Waals surface area contributed by atoms with Crippen molar-refractivity contribution in [2.24, 2.45) is 5.92 Å². The topological polar surface area (TPSA) is 32.3 Å². The monoisotopic (exact) mass is 270 g/mol. The van der Waals surface area contributed by atoms with Crippen LogP contribution in [0, 0.1) is 5.92 Å². The zero-order chi connectivity index (χ0) is 13.9. The van der Waals surface area contributed by atoms with Crippen molar-refractivity contribution < 1.29 is 4.79 Å². The fourth-order valence-electron chi connectivity index (χ4n) is 3.33. The smallest absolute Gasteiger partial charge is 0.244 e. The van der Waals surface area contributed by atoms with E-state index in [1.807, 2.05) is 37.3 Å². The molecule has 3 aliphatic rings. The number of allylic oxidation sites excluding steroid dienone is 1. The number of carbonyl (C=O) groups is 1. The summed E-state index contributed by atoms with van der Waals surface area (Å²) in [7, 11) is 0.